The highest BCUT2D eigenvalue weighted by molar-refractivity contribution is 5.94. The second kappa shape index (κ2) is 7.26. The molecule has 6 N–H and O–H groups in total. The molecule has 152 valence electrons. The molecule has 3 heterocycles. The van der Waals surface area contributed by atoms with E-state index in [2.05, 4.69) is 14.9 Å². The van der Waals surface area contributed by atoms with E-state index in [9.17, 15) is 19.8 Å². The van der Waals surface area contributed by atoms with Crippen LogP contribution in [0.1, 0.15) is 21.6 Å². The molecule has 1 aromatic carbocycles. The summed E-state index contributed by atoms with van der Waals surface area (Å²) >= 11 is 0. The lowest BCUT2D eigenvalue weighted by atomic mass is 9.99. The second-order valence-electron chi connectivity index (χ2n) is 7.00. The molecule has 0 aliphatic carbocycles. The number of carbonyl (C=O) groups is 1. The molecule has 0 fully saturated rings. The molecule has 0 saturated carbocycles. The number of benzene rings is 1. The van der Waals surface area contributed by atoms with Gasteiger partial charge in [-0.2, -0.15) is 0 Å². The summed E-state index contributed by atoms with van der Waals surface area (Å²) in [5, 5.41) is 23.9. The van der Waals surface area contributed by atoms with Gasteiger partial charge in [0.05, 0.1) is 17.8 Å². The maximum absolute atomic E-state index is 12.3. The van der Waals surface area contributed by atoms with E-state index in [4.69, 9.17) is 10.5 Å². The summed E-state index contributed by atoms with van der Waals surface area (Å²) in [6.45, 7) is 2.17. The SMILES string of the molecule is Cn1c(CNCCN)cc2cc3c(cc21)OCCc1c-3[nH]c(=O)c(C(=O)O)c1O. The van der Waals surface area contributed by atoms with Crippen molar-refractivity contribution in [3.05, 3.63) is 45.4 Å². The summed E-state index contributed by atoms with van der Waals surface area (Å²) in [5.41, 5.74) is 7.42. The third-order valence-electron chi connectivity index (χ3n) is 5.25. The first-order valence-electron chi connectivity index (χ1n) is 9.30. The van der Waals surface area contributed by atoms with Crippen LogP contribution in [0.5, 0.6) is 11.5 Å². The molecule has 3 aromatic rings. The molecule has 0 amide bonds. The first-order valence-corrected chi connectivity index (χ1v) is 9.30. The summed E-state index contributed by atoms with van der Waals surface area (Å²) < 4.78 is 7.93. The van der Waals surface area contributed by atoms with Crippen LogP contribution in [0.2, 0.25) is 0 Å². The predicted octanol–water partition coefficient (Wildman–Crippen LogP) is 0.921. The van der Waals surface area contributed by atoms with E-state index >= 15 is 0 Å². The average Bonchev–Trinajstić information content (AvgIpc) is 2.86. The summed E-state index contributed by atoms with van der Waals surface area (Å²) in [7, 11) is 1.96. The average molecular weight is 398 g/mol. The number of carboxylic acids is 1. The fraction of sp³-hybridized carbons (Fsp3) is 0.300. The summed E-state index contributed by atoms with van der Waals surface area (Å²) in [4.78, 5) is 26.3. The Morgan fingerprint density at radius 3 is 2.90 bits per heavy atom. The quantitative estimate of drug-likeness (QED) is 0.402. The van der Waals surface area contributed by atoms with Gasteiger partial charge in [-0.25, -0.2) is 4.79 Å². The summed E-state index contributed by atoms with van der Waals surface area (Å²) in [6, 6.07) is 5.82. The van der Waals surface area contributed by atoms with Gasteiger partial charge in [0.1, 0.15) is 11.5 Å². The van der Waals surface area contributed by atoms with Crippen molar-refractivity contribution < 1.29 is 19.7 Å². The number of ether oxygens (including phenoxy) is 1. The van der Waals surface area contributed by atoms with E-state index in [0.29, 0.717) is 42.2 Å². The molecule has 9 nitrogen and oxygen atoms in total. The third kappa shape index (κ3) is 3.14. The number of fused-ring (bicyclic) bond motifs is 4. The van der Waals surface area contributed by atoms with Crippen LogP contribution in [0.4, 0.5) is 0 Å². The number of aromatic nitrogens is 2. The van der Waals surface area contributed by atoms with E-state index in [-0.39, 0.29) is 13.0 Å². The van der Waals surface area contributed by atoms with E-state index in [0.717, 1.165) is 16.6 Å². The van der Waals surface area contributed by atoms with Crippen LogP contribution in [0, 0.1) is 0 Å². The van der Waals surface area contributed by atoms with Crippen LogP contribution < -0.4 is 21.3 Å². The number of nitrogens with zero attached hydrogens (tertiary/aromatic N) is 1. The third-order valence-corrected chi connectivity index (χ3v) is 5.25. The van der Waals surface area contributed by atoms with Crippen LogP contribution in [0.25, 0.3) is 22.2 Å². The van der Waals surface area contributed by atoms with Gasteiger partial charge < -0.3 is 35.6 Å². The maximum Gasteiger partial charge on any atom is 0.345 e. The highest BCUT2D eigenvalue weighted by atomic mass is 16.5. The first-order chi connectivity index (χ1) is 13.9. The normalized spacial score (nSPS) is 12.9. The molecule has 1 aliphatic heterocycles. The van der Waals surface area contributed by atoms with Gasteiger partial charge in [-0.3, -0.25) is 4.79 Å². The molecule has 0 bridgehead atoms. The monoisotopic (exact) mass is 398 g/mol. The molecule has 0 unspecified atom stereocenters. The molecule has 0 radical (unpaired) electrons. The Kier molecular flexibility index (Phi) is 4.77. The molecule has 1 aliphatic rings. The van der Waals surface area contributed by atoms with Crippen LogP contribution in [-0.4, -0.2) is 45.4 Å². The number of hydrogen-bond donors (Lipinski definition) is 5. The van der Waals surface area contributed by atoms with Crippen LogP contribution in [-0.2, 0) is 20.0 Å². The number of aromatic amines is 1. The van der Waals surface area contributed by atoms with Gasteiger partial charge in [0, 0.05) is 61.4 Å². The lowest BCUT2D eigenvalue weighted by Crippen LogP contribution is -2.22. The Labute approximate surface area is 165 Å². The number of nitrogens with one attached hydrogen (secondary N) is 2. The number of rotatable bonds is 5. The molecule has 4 rings (SSSR count). The zero-order chi connectivity index (χ0) is 20.7. The molecular weight excluding hydrogens is 376 g/mol. The Bertz CT molecular complexity index is 1180. The van der Waals surface area contributed by atoms with Gasteiger partial charge in [-0.05, 0) is 12.1 Å². The zero-order valence-electron chi connectivity index (χ0n) is 15.9. The highest BCUT2D eigenvalue weighted by Gasteiger charge is 2.26. The van der Waals surface area contributed by atoms with Gasteiger partial charge in [0.2, 0.25) is 0 Å². The van der Waals surface area contributed by atoms with Gasteiger partial charge in [0.25, 0.3) is 5.56 Å². The Balaban J connectivity index is 1.89. The number of H-pyrrole nitrogens is 1. The van der Waals surface area contributed by atoms with E-state index < -0.39 is 22.8 Å². The Morgan fingerprint density at radius 1 is 1.38 bits per heavy atom. The number of aromatic hydroxyl groups is 1. The molecule has 0 saturated heterocycles. The van der Waals surface area contributed by atoms with E-state index in [1.54, 1.807) is 0 Å². The van der Waals surface area contributed by atoms with Crippen molar-refractivity contribution in [1.82, 2.24) is 14.9 Å². The Hall–Kier alpha value is -3.30. The van der Waals surface area contributed by atoms with Gasteiger partial charge >= 0.3 is 5.97 Å². The highest BCUT2D eigenvalue weighted by Crippen LogP contribution is 2.40. The largest absolute Gasteiger partial charge is 0.506 e. The van der Waals surface area contributed by atoms with Gasteiger partial charge in [0.15, 0.2) is 5.56 Å². The van der Waals surface area contributed by atoms with Crippen molar-refractivity contribution in [2.24, 2.45) is 12.8 Å². The minimum Gasteiger partial charge on any atom is -0.506 e. The minimum absolute atomic E-state index is 0.250. The van der Waals surface area contributed by atoms with E-state index in [1.165, 1.54) is 0 Å². The Morgan fingerprint density at radius 2 is 2.17 bits per heavy atom. The molecule has 29 heavy (non-hydrogen) atoms. The van der Waals surface area contributed by atoms with Gasteiger partial charge in [-0.1, -0.05) is 0 Å². The van der Waals surface area contributed by atoms with Crippen LogP contribution in [0.15, 0.2) is 23.0 Å². The predicted molar refractivity (Wildman–Crippen MR) is 108 cm³/mol. The molecule has 2 aromatic heterocycles. The number of carboxylic acid groups (broad SMARTS) is 1. The molecular formula is C20H22N4O5. The van der Waals surface area contributed by atoms with Gasteiger partial charge in [-0.15, -0.1) is 0 Å². The fourth-order valence-corrected chi connectivity index (χ4v) is 3.79. The minimum atomic E-state index is -1.47. The summed E-state index contributed by atoms with van der Waals surface area (Å²) in [6.07, 6.45) is 0.275. The van der Waals surface area contributed by atoms with Crippen molar-refractivity contribution in [3.8, 4) is 22.8 Å². The number of pyridine rings is 1. The molecule has 0 atom stereocenters. The maximum atomic E-state index is 12.3. The lowest BCUT2D eigenvalue weighted by molar-refractivity contribution is 0.0691. The van der Waals surface area contributed by atoms with Crippen molar-refractivity contribution in [3.63, 3.8) is 0 Å². The second-order valence-corrected chi connectivity index (χ2v) is 7.00. The topological polar surface area (TPSA) is 143 Å². The van der Waals surface area contributed by atoms with Crippen molar-refractivity contribution in [2.45, 2.75) is 13.0 Å². The standard InChI is InChI=1S/C20H22N4O5/c1-24-11(9-22-4-3-21)6-10-7-13-15(8-14(10)24)29-5-2-12-17(13)23-19(26)16(18(12)25)20(27)28/h6-8,22H,2-5,9,21H2,1H3,(H,27,28)(H2,23,25,26). The molecule has 9 heteroatoms. The first kappa shape index (κ1) is 19.0. The number of aryl methyl sites for hydroxylation is 1. The van der Waals surface area contributed by atoms with Crippen molar-refractivity contribution in [2.75, 3.05) is 19.7 Å². The molecule has 0 spiro atoms. The van der Waals surface area contributed by atoms with Crippen molar-refractivity contribution >= 4 is 16.9 Å². The zero-order valence-corrected chi connectivity index (χ0v) is 15.9. The van der Waals surface area contributed by atoms with Crippen LogP contribution >= 0.6 is 0 Å². The van der Waals surface area contributed by atoms with Crippen molar-refractivity contribution in [1.29, 1.82) is 0 Å². The number of nitrogens with two attached hydrogens (primary N) is 1. The number of aromatic carboxylic acids is 1. The smallest absolute Gasteiger partial charge is 0.345 e. The fourth-order valence-electron chi connectivity index (χ4n) is 3.79. The van der Waals surface area contributed by atoms with Crippen LogP contribution in [0.3, 0.4) is 0 Å². The lowest BCUT2D eigenvalue weighted by Gasteiger charge is -2.12. The van der Waals surface area contributed by atoms with E-state index in [1.807, 2.05) is 25.2 Å². The summed E-state index contributed by atoms with van der Waals surface area (Å²) in [5.74, 6) is -1.41. The number of hydrogen-bond acceptors (Lipinski definition) is 6.